The third-order valence-electron chi connectivity index (χ3n) is 6.13. The Kier molecular flexibility index (Phi) is 5.90. The summed E-state index contributed by atoms with van der Waals surface area (Å²) < 4.78 is 27.4. The summed E-state index contributed by atoms with van der Waals surface area (Å²) in [5.74, 6) is -3.59. The Hall–Kier alpha value is -2.29. The van der Waals surface area contributed by atoms with Gasteiger partial charge in [-0.2, -0.15) is 0 Å². The molecule has 6 nitrogen and oxygen atoms in total. The van der Waals surface area contributed by atoms with Crippen molar-refractivity contribution in [3.05, 3.63) is 52.3 Å². The molecule has 0 radical (unpaired) electrons. The number of benzene rings is 1. The van der Waals surface area contributed by atoms with Gasteiger partial charge in [0.05, 0.1) is 22.0 Å². The average Bonchev–Trinajstić information content (AvgIpc) is 2.70. The first kappa shape index (κ1) is 22.9. The summed E-state index contributed by atoms with van der Waals surface area (Å²) in [5, 5.41) is 10.6. The van der Waals surface area contributed by atoms with Gasteiger partial charge in [-0.25, -0.2) is 13.8 Å². The molecule has 170 valence electrons. The number of aromatic nitrogens is 1. The van der Waals surface area contributed by atoms with Crippen LogP contribution in [0.5, 0.6) is 0 Å². The van der Waals surface area contributed by atoms with Crippen LogP contribution in [0.3, 0.4) is 0 Å². The standard InChI is InChI=1S/C22H22Cl2F2N4O2/c1-21(16-4-2-3-15(19(16)24)12-7-13(23)11-28-10-12)9-18(32)30(20(27)29-21)14-5-6-22(25,26)17(31)8-14/h2-4,7,10-11,14,17,31H,5-6,8-9H2,1H3,(H2,27,29)/t14-,17-,21+/m1/s1. The molecule has 1 aromatic heterocycles. The first-order chi connectivity index (χ1) is 15.0. The Morgan fingerprint density at radius 1 is 1.28 bits per heavy atom. The highest BCUT2D eigenvalue weighted by Gasteiger charge is 2.48. The Labute approximate surface area is 194 Å². The lowest BCUT2D eigenvalue weighted by atomic mass is 9.84. The average molecular weight is 483 g/mol. The number of guanidine groups is 1. The Bertz CT molecular complexity index is 1100. The molecule has 0 unspecified atom stereocenters. The van der Waals surface area contributed by atoms with Crippen molar-refractivity contribution >= 4 is 35.1 Å². The van der Waals surface area contributed by atoms with E-state index in [1.165, 1.54) is 11.1 Å². The lowest BCUT2D eigenvalue weighted by Gasteiger charge is -2.43. The zero-order valence-corrected chi connectivity index (χ0v) is 18.7. The van der Waals surface area contributed by atoms with Crippen molar-refractivity contribution in [1.82, 2.24) is 9.88 Å². The van der Waals surface area contributed by atoms with E-state index in [-0.39, 0.29) is 31.1 Å². The van der Waals surface area contributed by atoms with Crippen molar-refractivity contribution in [2.45, 2.75) is 56.2 Å². The highest BCUT2D eigenvalue weighted by molar-refractivity contribution is 6.34. The monoisotopic (exact) mass is 482 g/mol. The number of halogens is 4. The minimum atomic E-state index is -3.17. The highest BCUT2D eigenvalue weighted by Crippen LogP contribution is 2.43. The Morgan fingerprint density at radius 3 is 2.69 bits per heavy atom. The lowest BCUT2D eigenvalue weighted by molar-refractivity contribution is -0.151. The van der Waals surface area contributed by atoms with Gasteiger partial charge in [0.25, 0.3) is 5.92 Å². The first-order valence-corrected chi connectivity index (χ1v) is 10.9. The molecular weight excluding hydrogens is 461 g/mol. The Morgan fingerprint density at radius 2 is 2.03 bits per heavy atom. The van der Waals surface area contributed by atoms with E-state index in [4.69, 9.17) is 28.9 Å². The van der Waals surface area contributed by atoms with E-state index in [0.717, 1.165) is 0 Å². The summed E-state index contributed by atoms with van der Waals surface area (Å²) in [7, 11) is 0. The second-order valence-corrected chi connectivity index (χ2v) is 9.26. The summed E-state index contributed by atoms with van der Waals surface area (Å²) in [6.45, 7) is 1.75. The fourth-order valence-corrected chi connectivity index (χ4v) is 5.05. The molecule has 1 fully saturated rings. The fourth-order valence-electron chi connectivity index (χ4n) is 4.44. The second kappa shape index (κ2) is 8.24. The number of amides is 1. The van der Waals surface area contributed by atoms with E-state index in [9.17, 15) is 18.7 Å². The van der Waals surface area contributed by atoms with Crippen LogP contribution in [0.2, 0.25) is 10.0 Å². The number of pyridine rings is 1. The summed E-state index contributed by atoms with van der Waals surface area (Å²) in [6, 6.07) is 6.48. The molecule has 0 bridgehead atoms. The van der Waals surface area contributed by atoms with Gasteiger partial charge in [0.1, 0.15) is 6.10 Å². The molecule has 0 saturated heterocycles. The van der Waals surface area contributed by atoms with Crippen LogP contribution in [-0.4, -0.2) is 44.9 Å². The van der Waals surface area contributed by atoms with Crippen molar-refractivity contribution in [2.75, 3.05) is 0 Å². The molecule has 2 aliphatic rings. The van der Waals surface area contributed by atoms with Crippen LogP contribution in [0.15, 0.2) is 41.7 Å². The lowest BCUT2D eigenvalue weighted by Crippen LogP contribution is -2.57. The molecule has 1 aliphatic carbocycles. The van der Waals surface area contributed by atoms with Gasteiger partial charge in [0.2, 0.25) is 5.91 Å². The number of aliphatic hydroxyl groups is 1. The zero-order valence-electron chi connectivity index (χ0n) is 17.2. The van der Waals surface area contributed by atoms with Crippen LogP contribution in [0, 0.1) is 0 Å². The number of rotatable bonds is 3. The molecule has 3 atom stereocenters. The van der Waals surface area contributed by atoms with E-state index in [0.29, 0.717) is 26.7 Å². The normalized spacial score (nSPS) is 27.9. The SMILES string of the molecule is C[C@@]1(c2cccc(-c3cncc(Cl)c3)c2Cl)CC(=O)N([C@@H]2CCC(F)(F)[C@H](O)C2)C(N)=N1. The smallest absolute Gasteiger partial charge is 0.273 e. The van der Waals surface area contributed by atoms with Crippen LogP contribution < -0.4 is 5.73 Å². The minimum Gasteiger partial charge on any atom is -0.387 e. The number of aliphatic imine (C=N–C) groups is 1. The summed E-state index contributed by atoms with van der Waals surface area (Å²) in [5.41, 5.74) is 7.11. The number of aliphatic hydroxyl groups excluding tert-OH is 1. The van der Waals surface area contributed by atoms with Gasteiger partial charge >= 0.3 is 0 Å². The maximum Gasteiger partial charge on any atom is 0.273 e. The van der Waals surface area contributed by atoms with Crippen molar-refractivity contribution in [3.8, 4) is 11.1 Å². The molecule has 1 aliphatic heterocycles. The maximum absolute atomic E-state index is 13.7. The van der Waals surface area contributed by atoms with Crippen molar-refractivity contribution in [1.29, 1.82) is 0 Å². The first-order valence-electron chi connectivity index (χ1n) is 10.1. The maximum atomic E-state index is 13.7. The summed E-state index contributed by atoms with van der Waals surface area (Å²) in [6.07, 6.45) is 0.524. The third kappa shape index (κ3) is 4.07. The molecule has 1 saturated carbocycles. The van der Waals surface area contributed by atoms with E-state index in [2.05, 4.69) is 9.98 Å². The molecule has 10 heteroatoms. The van der Waals surface area contributed by atoms with E-state index >= 15 is 0 Å². The van der Waals surface area contributed by atoms with Crippen LogP contribution in [0.25, 0.3) is 11.1 Å². The van der Waals surface area contributed by atoms with Gasteiger partial charge < -0.3 is 10.8 Å². The van der Waals surface area contributed by atoms with Gasteiger partial charge in [0.15, 0.2) is 5.96 Å². The quantitative estimate of drug-likeness (QED) is 0.679. The van der Waals surface area contributed by atoms with Gasteiger partial charge in [-0.1, -0.05) is 41.4 Å². The fraction of sp³-hybridized carbons (Fsp3) is 0.409. The van der Waals surface area contributed by atoms with Gasteiger partial charge in [-0.15, -0.1) is 0 Å². The number of hydrogen-bond donors (Lipinski definition) is 2. The number of hydrogen-bond acceptors (Lipinski definition) is 5. The van der Waals surface area contributed by atoms with Crippen LogP contribution in [0.4, 0.5) is 8.78 Å². The largest absolute Gasteiger partial charge is 0.387 e. The van der Waals surface area contributed by atoms with E-state index < -0.39 is 30.0 Å². The zero-order chi connectivity index (χ0) is 23.3. The van der Waals surface area contributed by atoms with Crippen molar-refractivity contribution < 1.29 is 18.7 Å². The van der Waals surface area contributed by atoms with E-state index in [1.54, 1.807) is 31.3 Å². The predicted molar refractivity (Wildman–Crippen MR) is 119 cm³/mol. The molecule has 3 N–H and O–H groups in total. The molecular formula is C22H22Cl2F2N4O2. The van der Waals surface area contributed by atoms with Crippen molar-refractivity contribution in [3.63, 3.8) is 0 Å². The van der Waals surface area contributed by atoms with Crippen LogP contribution >= 0.6 is 23.2 Å². The topological polar surface area (TPSA) is 91.8 Å². The van der Waals surface area contributed by atoms with Gasteiger partial charge in [0, 0.05) is 42.4 Å². The number of carbonyl (C=O) groups is 1. The number of alkyl halides is 2. The van der Waals surface area contributed by atoms with Crippen molar-refractivity contribution in [2.24, 2.45) is 10.7 Å². The summed E-state index contributed by atoms with van der Waals surface area (Å²) >= 11 is 12.8. The van der Waals surface area contributed by atoms with Crippen LogP contribution in [0.1, 0.15) is 38.2 Å². The minimum absolute atomic E-state index is 0.0285. The van der Waals surface area contributed by atoms with Crippen LogP contribution in [-0.2, 0) is 10.3 Å². The molecule has 4 rings (SSSR count). The molecule has 0 spiro atoms. The van der Waals surface area contributed by atoms with Gasteiger partial charge in [-0.05, 0) is 25.0 Å². The summed E-state index contributed by atoms with van der Waals surface area (Å²) in [4.78, 5) is 23.0. The number of nitrogens with zero attached hydrogens (tertiary/aromatic N) is 3. The number of nitrogens with two attached hydrogens (primary N) is 1. The highest BCUT2D eigenvalue weighted by atomic mass is 35.5. The number of carbonyl (C=O) groups excluding carboxylic acids is 1. The van der Waals surface area contributed by atoms with Gasteiger partial charge in [-0.3, -0.25) is 14.7 Å². The Balaban J connectivity index is 1.68. The molecule has 2 aromatic rings. The third-order valence-corrected chi connectivity index (χ3v) is 6.74. The second-order valence-electron chi connectivity index (χ2n) is 8.45. The molecule has 1 amide bonds. The molecule has 1 aromatic carbocycles. The molecule has 32 heavy (non-hydrogen) atoms. The molecule has 2 heterocycles. The van der Waals surface area contributed by atoms with E-state index in [1.807, 2.05) is 6.07 Å². The predicted octanol–water partition coefficient (Wildman–Crippen LogP) is 4.37.